The quantitative estimate of drug-likeness (QED) is 0.569. The fourth-order valence-electron chi connectivity index (χ4n) is 1.82. The van der Waals surface area contributed by atoms with Gasteiger partial charge >= 0.3 is 0 Å². The zero-order valence-corrected chi connectivity index (χ0v) is 13.4. The van der Waals surface area contributed by atoms with Crippen molar-refractivity contribution in [2.45, 2.75) is 0 Å². The Morgan fingerprint density at radius 2 is 2.09 bits per heavy atom. The van der Waals surface area contributed by atoms with Gasteiger partial charge in [0.05, 0.1) is 16.3 Å². The van der Waals surface area contributed by atoms with Gasteiger partial charge in [-0.15, -0.1) is 0 Å². The van der Waals surface area contributed by atoms with E-state index in [-0.39, 0.29) is 0 Å². The van der Waals surface area contributed by atoms with Crippen molar-refractivity contribution in [1.82, 2.24) is 19.9 Å². The molecule has 3 aromatic rings. The number of rotatable bonds is 3. The maximum absolute atomic E-state index is 6.14. The number of aromatic amines is 1. The molecule has 8 heteroatoms. The molecule has 0 amide bonds. The van der Waals surface area contributed by atoms with Crippen LogP contribution in [-0.2, 0) is 0 Å². The van der Waals surface area contributed by atoms with Crippen LogP contribution >= 0.6 is 35.4 Å². The van der Waals surface area contributed by atoms with Crippen molar-refractivity contribution in [3.63, 3.8) is 0 Å². The van der Waals surface area contributed by atoms with Gasteiger partial charge in [-0.05, 0) is 30.4 Å². The van der Waals surface area contributed by atoms with E-state index in [1.54, 1.807) is 30.7 Å². The van der Waals surface area contributed by atoms with Crippen LogP contribution in [0.2, 0.25) is 10.0 Å². The number of nitrogens with zero attached hydrogens (tertiary/aromatic N) is 4. The fraction of sp³-hybridized carbons (Fsp3) is 0. The zero-order chi connectivity index (χ0) is 15.5. The van der Waals surface area contributed by atoms with E-state index >= 15 is 0 Å². The van der Waals surface area contributed by atoms with Gasteiger partial charge in [-0.3, -0.25) is 4.98 Å². The van der Waals surface area contributed by atoms with E-state index in [2.05, 4.69) is 20.3 Å². The molecule has 3 rings (SSSR count). The van der Waals surface area contributed by atoms with Crippen molar-refractivity contribution in [2.75, 3.05) is 0 Å². The normalized spacial score (nSPS) is 11.2. The summed E-state index contributed by atoms with van der Waals surface area (Å²) in [4.78, 5) is 4.06. The van der Waals surface area contributed by atoms with E-state index in [1.165, 1.54) is 4.68 Å². The van der Waals surface area contributed by atoms with Crippen LogP contribution in [0.25, 0.3) is 11.4 Å². The van der Waals surface area contributed by atoms with Crippen molar-refractivity contribution in [2.24, 2.45) is 5.10 Å². The number of aromatic nitrogens is 4. The van der Waals surface area contributed by atoms with Crippen molar-refractivity contribution >= 4 is 41.6 Å². The summed E-state index contributed by atoms with van der Waals surface area (Å²) in [7, 11) is 0. The smallest absolute Gasteiger partial charge is 0.216 e. The van der Waals surface area contributed by atoms with E-state index in [1.807, 2.05) is 18.2 Å². The van der Waals surface area contributed by atoms with Crippen LogP contribution < -0.4 is 0 Å². The topological polar surface area (TPSA) is 58.9 Å². The first-order valence-electron chi connectivity index (χ1n) is 6.23. The molecule has 0 spiro atoms. The molecule has 0 saturated heterocycles. The largest absolute Gasteiger partial charge is 0.264 e. The van der Waals surface area contributed by atoms with Gasteiger partial charge in [0.2, 0.25) is 4.77 Å². The van der Waals surface area contributed by atoms with Crippen LogP contribution in [0, 0.1) is 4.77 Å². The summed E-state index contributed by atoms with van der Waals surface area (Å²) in [5.74, 6) is 0.563. The highest BCUT2D eigenvalue weighted by Crippen LogP contribution is 2.24. The molecule has 0 fully saturated rings. The third kappa shape index (κ3) is 2.94. The van der Waals surface area contributed by atoms with Gasteiger partial charge in [-0.2, -0.15) is 14.9 Å². The van der Waals surface area contributed by atoms with Gasteiger partial charge in [0, 0.05) is 23.5 Å². The standard InChI is InChI=1S/C14H9Cl2N5S/c15-11-5-1-3-9(12(11)16)8-18-21-13(19-20-14(21)22)10-4-2-6-17-7-10/h1-8H,(H,20,22)/b18-8+. The Morgan fingerprint density at radius 3 is 2.86 bits per heavy atom. The Bertz CT molecular complexity index is 886. The second-order valence-electron chi connectivity index (χ2n) is 4.29. The molecule has 22 heavy (non-hydrogen) atoms. The van der Waals surface area contributed by atoms with Gasteiger partial charge in [-0.25, -0.2) is 5.10 Å². The molecule has 0 aliphatic rings. The van der Waals surface area contributed by atoms with Crippen LogP contribution in [0.1, 0.15) is 5.56 Å². The molecule has 0 aliphatic heterocycles. The van der Waals surface area contributed by atoms with Crippen LogP contribution in [-0.4, -0.2) is 26.1 Å². The first kappa shape index (κ1) is 14.9. The molecule has 0 unspecified atom stereocenters. The summed E-state index contributed by atoms with van der Waals surface area (Å²) in [6, 6.07) is 9.01. The third-order valence-corrected chi connectivity index (χ3v) is 3.96. The lowest BCUT2D eigenvalue weighted by atomic mass is 10.2. The van der Waals surface area contributed by atoms with Gasteiger partial charge in [-0.1, -0.05) is 35.3 Å². The maximum atomic E-state index is 6.14. The molecule has 2 aromatic heterocycles. The van der Waals surface area contributed by atoms with Gasteiger partial charge in [0.1, 0.15) is 0 Å². The van der Waals surface area contributed by atoms with Crippen molar-refractivity contribution in [1.29, 1.82) is 0 Å². The number of halogens is 2. The summed E-state index contributed by atoms with van der Waals surface area (Å²) < 4.78 is 1.87. The van der Waals surface area contributed by atoms with Crippen molar-refractivity contribution < 1.29 is 0 Å². The highest BCUT2D eigenvalue weighted by Gasteiger charge is 2.08. The maximum Gasteiger partial charge on any atom is 0.216 e. The van der Waals surface area contributed by atoms with E-state index in [0.717, 1.165) is 5.56 Å². The molecule has 0 saturated carbocycles. The van der Waals surface area contributed by atoms with Crippen LogP contribution in [0.4, 0.5) is 0 Å². The van der Waals surface area contributed by atoms with Crippen molar-refractivity contribution in [3.05, 3.63) is 63.1 Å². The Morgan fingerprint density at radius 1 is 1.23 bits per heavy atom. The highest BCUT2D eigenvalue weighted by molar-refractivity contribution is 7.71. The zero-order valence-electron chi connectivity index (χ0n) is 11.1. The molecular weight excluding hydrogens is 341 g/mol. The predicted octanol–water partition coefficient (Wildman–Crippen LogP) is 4.19. The Hall–Kier alpha value is -2.02. The minimum Gasteiger partial charge on any atom is -0.264 e. The van der Waals surface area contributed by atoms with Gasteiger partial charge < -0.3 is 0 Å². The van der Waals surface area contributed by atoms with Gasteiger partial charge in [0.25, 0.3) is 0 Å². The molecule has 110 valence electrons. The number of nitrogens with one attached hydrogen (secondary N) is 1. The van der Waals surface area contributed by atoms with Crippen LogP contribution in [0.3, 0.4) is 0 Å². The van der Waals surface area contributed by atoms with E-state index in [0.29, 0.717) is 26.2 Å². The Balaban J connectivity index is 2.03. The lowest BCUT2D eigenvalue weighted by Gasteiger charge is -2.02. The number of H-pyrrole nitrogens is 1. The molecule has 0 aliphatic carbocycles. The summed E-state index contributed by atoms with van der Waals surface area (Å²) in [6.45, 7) is 0. The third-order valence-electron chi connectivity index (χ3n) is 2.86. The number of hydrogen-bond acceptors (Lipinski definition) is 4. The minimum atomic E-state index is 0.369. The Labute approximate surface area is 141 Å². The summed E-state index contributed by atoms with van der Waals surface area (Å²) >= 11 is 17.3. The Kier molecular flexibility index (Phi) is 4.33. The number of hydrogen-bond donors (Lipinski definition) is 1. The molecular formula is C14H9Cl2N5S. The molecule has 1 N–H and O–H groups in total. The first-order valence-corrected chi connectivity index (χ1v) is 7.39. The number of pyridine rings is 1. The van der Waals surface area contributed by atoms with Gasteiger partial charge in [0.15, 0.2) is 5.82 Å². The summed E-state index contributed by atoms with van der Waals surface area (Å²) in [5.41, 5.74) is 1.48. The minimum absolute atomic E-state index is 0.369. The number of benzene rings is 1. The van der Waals surface area contributed by atoms with Crippen molar-refractivity contribution in [3.8, 4) is 11.4 Å². The first-order chi connectivity index (χ1) is 10.7. The average Bonchev–Trinajstić information content (AvgIpc) is 2.91. The SMILES string of the molecule is S=c1[nH]nc(-c2cccnc2)n1/N=C/c1cccc(Cl)c1Cl. The van der Waals surface area contributed by atoms with Crippen LogP contribution in [0.15, 0.2) is 47.8 Å². The molecule has 1 aromatic carbocycles. The van der Waals surface area contributed by atoms with E-state index in [9.17, 15) is 0 Å². The second kappa shape index (κ2) is 6.39. The lowest BCUT2D eigenvalue weighted by molar-refractivity contribution is 0.871. The lowest BCUT2D eigenvalue weighted by Crippen LogP contribution is -1.95. The van der Waals surface area contributed by atoms with E-state index in [4.69, 9.17) is 35.4 Å². The van der Waals surface area contributed by atoms with Crippen LogP contribution in [0.5, 0.6) is 0 Å². The molecule has 0 radical (unpaired) electrons. The molecule has 2 heterocycles. The summed E-state index contributed by atoms with van der Waals surface area (Å²) in [5, 5.41) is 12.1. The molecule has 0 atom stereocenters. The molecule has 5 nitrogen and oxygen atoms in total. The second-order valence-corrected chi connectivity index (χ2v) is 5.47. The fourth-order valence-corrected chi connectivity index (χ4v) is 2.36. The monoisotopic (exact) mass is 349 g/mol. The van der Waals surface area contributed by atoms with E-state index < -0.39 is 0 Å². The average molecular weight is 350 g/mol. The highest BCUT2D eigenvalue weighted by atomic mass is 35.5. The summed E-state index contributed by atoms with van der Waals surface area (Å²) in [6.07, 6.45) is 4.95. The molecule has 0 bridgehead atoms. The predicted molar refractivity (Wildman–Crippen MR) is 90.1 cm³/mol.